The van der Waals surface area contributed by atoms with E-state index >= 15 is 0 Å². The van der Waals surface area contributed by atoms with Crippen molar-refractivity contribution < 1.29 is 9.18 Å². The van der Waals surface area contributed by atoms with Gasteiger partial charge in [0.2, 0.25) is 5.91 Å². The molecule has 0 spiro atoms. The Morgan fingerprint density at radius 3 is 2.84 bits per heavy atom. The highest BCUT2D eigenvalue weighted by atomic mass is 35.5. The number of rotatable bonds is 7. The molecule has 0 aliphatic heterocycles. The van der Waals surface area contributed by atoms with Crippen LogP contribution in [0.2, 0.25) is 5.02 Å². The number of nitrogens with zero attached hydrogens (tertiary/aromatic N) is 2. The molecule has 3 aromatic rings. The van der Waals surface area contributed by atoms with E-state index in [1.54, 1.807) is 16.7 Å². The number of hydrogen-bond acceptors (Lipinski definition) is 4. The summed E-state index contributed by atoms with van der Waals surface area (Å²) in [5.74, 6) is -0.993. The van der Waals surface area contributed by atoms with E-state index < -0.39 is 5.82 Å². The Balaban J connectivity index is 1.54. The van der Waals surface area contributed by atoms with Gasteiger partial charge in [0.05, 0.1) is 22.3 Å². The van der Waals surface area contributed by atoms with E-state index in [9.17, 15) is 14.0 Å². The highest BCUT2D eigenvalue weighted by Gasteiger charge is 2.15. The van der Waals surface area contributed by atoms with Crippen molar-refractivity contribution in [2.45, 2.75) is 43.8 Å². The fourth-order valence-corrected chi connectivity index (χ4v) is 4.73. The quantitative estimate of drug-likeness (QED) is 0.268. The number of benzene rings is 2. The lowest BCUT2D eigenvalue weighted by Gasteiger charge is -2.16. The van der Waals surface area contributed by atoms with Gasteiger partial charge in [-0.05, 0) is 62.4 Å². The maximum Gasteiger partial charge on any atom is 0.262 e. The normalized spacial score (nSPS) is 13.8. The van der Waals surface area contributed by atoms with Crippen molar-refractivity contribution in [2.24, 2.45) is 0 Å². The lowest BCUT2D eigenvalue weighted by molar-refractivity contribution is -0.113. The summed E-state index contributed by atoms with van der Waals surface area (Å²) in [5.41, 5.74) is 1.91. The highest BCUT2D eigenvalue weighted by molar-refractivity contribution is 7.99. The third-order valence-corrected chi connectivity index (χ3v) is 6.62. The fraction of sp³-hybridized carbons (Fsp3) is 0.292. The fourth-order valence-electron chi connectivity index (χ4n) is 3.75. The van der Waals surface area contributed by atoms with Crippen LogP contribution in [0.25, 0.3) is 10.9 Å². The van der Waals surface area contributed by atoms with Crippen molar-refractivity contribution in [3.8, 4) is 0 Å². The molecule has 0 atom stereocenters. The third kappa shape index (κ3) is 5.40. The van der Waals surface area contributed by atoms with Crippen LogP contribution in [-0.4, -0.2) is 21.2 Å². The molecule has 8 heteroatoms. The van der Waals surface area contributed by atoms with Crippen molar-refractivity contribution in [3.05, 3.63) is 75.3 Å². The summed E-state index contributed by atoms with van der Waals surface area (Å²) in [6, 6.07) is 11.3. The second-order valence-corrected chi connectivity index (χ2v) is 9.07. The molecular weight excluding hydrogens is 449 g/mol. The topological polar surface area (TPSA) is 64.0 Å². The molecule has 166 valence electrons. The summed E-state index contributed by atoms with van der Waals surface area (Å²) in [5, 5.41) is 3.84. The van der Waals surface area contributed by atoms with Gasteiger partial charge in [0, 0.05) is 11.6 Å². The van der Waals surface area contributed by atoms with Crippen LogP contribution < -0.4 is 10.9 Å². The van der Waals surface area contributed by atoms with Crippen molar-refractivity contribution in [1.82, 2.24) is 9.55 Å². The number of amides is 1. The molecule has 32 heavy (non-hydrogen) atoms. The molecule has 0 radical (unpaired) electrons. The van der Waals surface area contributed by atoms with E-state index in [0.717, 1.165) is 25.3 Å². The number of para-hydroxylation sites is 1. The lowest BCUT2D eigenvalue weighted by Crippen LogP contribution is -2.24. The molecule has 1 heterocycles. The molecule has 0 saturated heterocycles. The number of anilines is 1. The first-order chi connectivity index (χ1) is 15.5. The zero-order valence-corrected chi connectivity index (χ0v) is 19.0. The monoisotopic (exact) mass is 471 g/mol. The number of carbonyl (C=O) groups excluding carboxylic acids is 1. The van der Waals surface area contributed by atoms with Gasteiger partial charge < -0.3 is 5.32 Å². The first-order valence-electron chi connectivity index (χ1n) is 10.6. The minimum absolute atomic E-state index is 0.00442. The summed E-state index contributed by atoms with van der Waals surface area (Å²) < 4.78 is 15.6. The van der Waals surface area contributed by atoms with Crippen molar-refractivity contribution in [3.63, 3.8) is 0 Å². The number of thioether (sulfide) groups is 1. The minimum atomic E-state index is -0.600. The van der Waals surface area contributed by atoms with Gasteiger partial charge >= 0.3 is 0 Å². The average molecular weight is 472 g/mol. The molecule has 0 unspecified atom stereocenters. The van der Waals surface area contributed by atoms with E-state index in [4.69, 9.17) is 11.6 Å². The molecule has 1 aliphatic carbocycles. The zero-order chi connectivity index (χ0) is 22.5. The van der Waals surface area contributed by atoms with Crippen LogP contribution in [0.1, 0.15) is 32.1 Å². The van der Waals surface area contributed by atoms with E-state index in [2.05, 4.69) is 16.4 Å². The van der Waals surface area contributed by atoms with E-state index in [1.807, 2.05) is 12.1 Å². The first-order valence-corrected chi connectivity index (χ1v) is 11.9. The predicted octanol–water partition coefficient (Wildman–Crippen LogP) is 5.81. The number of nitrogens with one attached hydrogen (secondary N) is 1. The van der Waals surface area contributed by atoms with Gasteiger partial charge in [-0.25, -0.2) is 9.37 Å². The van der Waals surface area contributed by atoms with Crippen LogP contribution in [0.5, 0.6) is 0 Å². The summed E-state index contributed by atoms with van der Waals surface area (Å²) in [6.07, 6.45) is 7.60. The van der Waals surface area contributed by atoms with Gasteiger partial charge in [-0.3, -0.25) is 14.2 Å². The second-order valence-electron chi connectivity index (χ2n) is 7.69. The molecular formula is C24H23ClFN3O2S. The van der Waals surface area contributed by atoms with Gasteiger partial charge in [0.1, 0.15) is 5.82 Å². The molecule has 5 nitrogen and oxygen atoms in total. The standard InChI is InChI=1S/C24H23ClFN3O2S/c25-17-10-11-21(19(26)14-17)27-22(30)15-32-24-28-20-9-5-4-8-18(20)23(31)29(24)13-12-16-6-2-1-3-7-16/h4-6,8-11,14H,1-3,7,12-13,15H2,(H,27,30). The van der Waals surface area contributed by atoms with E-state index in [-0.39, 0.29) is 27.9 Å². The first kappa shape index (κ1) is 22.6. The zero-order valence-electron chi connectivity index (χ0n) is 17.4. The van der Waals surface area contributed by atoms with E-state index in [0.29, 0.717) is 22.6 Å². The maximum absolute atomic E-state index is 14.0. The van der Waals surface area contributed by atoms with Crippen LogP contribution >= 0.6 is 23.4 Å². The number of aromatic nitrogens is 2. The van der Waals surface area contributed by atoms with Gasteiger partial charge in [-0.2, -0.15) is 0 Å². The Morgan fingerprint density at radius 2 is 2.06 bits per heavy atom. The van der Waals surface area contributed by atoms with E-state index in [1.165, 1.54) is 42.3 Å². The maximum atomic E-state index is 14.0. The summed E-state index contributed by atoms with van der Waals surface area (Å²) in [4.78, 5) is 30.2. The molecule has 1 amide bonds. The largest absolute Gasteiger partial charge is 0.323 e. The van der Waals surface area contributed by atoms with Crippen molar-refractivity contribution in [1.29, 1.82) is 0 Å². The molecule has 0 saturated carbocycles. The second kappa shape index (κ2) is 10.3. The third-order valence-electron chi connectivity index (χ3n) is 5.41. The Bertz CT molecular complexity index is 1240. The lowest BCUT2D eigenvalue weighted by atomic mass is 9.97. The molecule has 0 bridgehead atoms. The minimum Gasteiger partial charge on any atom is -0.323 e. The van der Waals surface area contributed by atoms with Crippen LogP contribution in [0.15, 0.2) is 64.1 Å². The number of carbonyl (C=O) groups is 1. The van der Waals surface area contributed by atoms with Gasteiger partial charge in [0.15, 0.2) is 5.16 Å². The summed E-state index contributed by atoms with van der Waals surface area (Å²) >= 11 is 6.93. The smallest absolute Gasteiger partial charge is 0.262 e. The molecule has 1 N–H and O–H groups in total. The predicted molar refractivity (Wildman–Crippen MR) is 128 cm³/mol. The molecule has 4 rings (SSSR count). The Morgan fingerprint density at radius 1 is 1.22 bits per heavy atom. The van der Waals surface area contributed by atoms with Crippen LogP contribution in [0.4, 0.5) is 10.1 Å². The van der Waals surface area contributed by atoms with Crippen LogP contribution in [-0.2, 0) is 11.3 Å². The van der Waals surface area contributed by atoms with Crippen LogP contribution in [0.3, 0.4) is 0 Å². The summed E-state index contributed by atoms with van der Waals surface area (Å²) in [6.45, 7) is 0.512. The van der Waals surface area contributed by atoms with Crippen molar-refractivity contribution in [2.75, 3.05) is 11.1 Å². The Labute approximate surface area is 194 Å². The number of fused-ring (bicyclic) bond motifs is 1. The number of hydrogen-bond donors (Lipinski definition) is 1. The number of allylic oxidation sites excluding steroid dienone is 2. The molecule has 1 aliphatic rings. The van der Waals surface area contributed by atoms with Crippen LogP contribution in [0, 0.1) is 5.82 Å². The van der Waals surface area contributed by atoms with Gasteiger partial charge in [0.25, 0.3) is 5.56 Å². The number of halogens is 2. The van der Waals surface area contributed by atoms with Gasteiger partial charge in [-0.1, -0.05) is 47.1 Å². The average Bonchev–Trinajstić information content (AvgIpc) is 2.80. The SMILES string of the molecule is O=C(CSc1nc2ccccc2c(=O)n1CCC1=CCCCC1)Nc1ccc(Cl)cc1F. The Kier molecular flexibility index (Phi) is 7.27. The molecule has 0 fully saturated rings. The molecule has 2 aromatic carbocycles. The highest BCUT2D eigenvalue weighted by Crippen LogP contribution is 2.24. The molecule has 1 aromatic heterocycles. The van der Waals surface area contributed by atoms with Gasteiger partial charge in [-0.15, -0.1) is 0 Å². The van der Waals surface area contributed by atoms with Crippen molar-refractivity contribution >= 4 is 45.9 Å². The summed E-state index contributed by atoms with van der Waals surface area (Å²) in [7, 11) is 0. The Hall–Kier alpha value is -2.64.